The standard InChI is InChI=1S/C8H9ClN4O2S/c1-8(2)7(15)10-4(14)3-13(8)6-5(9)11-16-12-6/h3H2,1-2H3,(H,10,14,15). The lowest BCUT2D eigenvalue weighted by Gasteiger charge is -2.40. The summed E-state index contributed by atoms with van der Waals surface area (Å²) >= 11 is 6.79. The van der Waals surface area contributed by atoms with Crippen molar-refractivity contribution in [2.45, 2.75) is 19.4 Å². The molecular weight excluding hydrogens is 252 g/mol. The molecule has 1 aliphatic heterocycles. The van der Waals surface area contributed by atoms with Gasteiger partial charge in [-0.15, -0.1) is 0 Å². The van der Waals surface area contributed by atoms with Gasteiger partial charge in [-0.25, -0.2) is 0 Å². The van der Waals surface area contributed by atoms with Gasteiger partial charge in [0.05, 0.1) is 18.3 Å². The zero-order chi connectivity index (χ0) is 11.9. The van der Waals surface area contributed by atoms with Crippen molar-refractivity contribution >= 4 is 41.0 Å². The van der Waals surface area contributed by atoms with Crippen LogP contribution in [-0.4, -0.2) is 32.6 Å². The van der Waals surface area contributed by atoms with Crippen LogP contribution in [0.4, 0.5) is 5.82 Å². The number of hydrogen-bond acceptors (Lipinski definition) is 6. The minimum atomic E-state index is -0.868. The lowest BCUT2D eigenvalue weighted by molar-refractivity contribution is -0.135. The van der Waals surface area contributed by atoms with Gasteiger partial charge in [-0.2, -0.15) is 8.75 Å². The molecule has 1 aliphatic rings. The normalized spacial score (nSPS) is 19.8. The Morgan fingerprint density at radius 1 is 1.44 bits per heavy atom. The highest BCUT2D eigenvalue weighted by Gasteiger charge is 2.42. The second-order valence-corrected chi connectivity index (χ2v) is 4.79. The number of halogens is 1. The molecule has 0 unspecified atom stereocenters. The number of nitrogens with one attached hydrogen (secondary N) is 1. The molecule has 0 aromatic carbocycles. The average Bonchev–Trinajstić information content (AvgIpc) is 2.58. The molecule has 0 spiro atoms. The monoisotopic (exact) mass is 260 g/mol. The van der Waals surface area contributed by atoms with Gasteiger partial charge in [0, 0.05) is 0 Å². The third-order valence-electron chi connectivity index (χ3n) is 2.47. The minimum absolute atomic E-state index is 0.0455. The number of imide groups is 1. The van der Waals surface area contributed by atoms with Crippen LogP contribution in [0.25, 0.3) is 0 Å². The maximum Gasteiger partial charge on any atom is 0.251 e. The van der Waals surface area contributed by atoms with Crippen molar-refractivity contribution < 1.29 is 9.59 Å². The van der Waals surface area contributed by atoms with Crippen molar-refractivity contribution in [2.75, 3.05) is 11.4 Å². The van der Waals surface area contributed by atoms with Gasteiger partial charge in [0.25, 0.3) is 5.91 Å². The number of anilines is 1. The molecule has 1 fully saturated rings. The summed E-state index contributed by atoms with van der Waals surface area (Å²) in [5, 5.41) is 2.48. The molecule has 6 nitrogen and oxygen atoms in total. The van der Waals surface area contributed by atoms with E-state index in [1.165, 1.54) is 0 Å². The van der Waals surface area contributed by atoms with Gasteiger partial charge < -0.3 is 4.90 Å². The smallest absolute Gasteiger partial charge is 0.251 e. The van der Waals surface area contributed by atoms with E-state index < -0.39 is 5.54 Å². The fraction of sp³-hybridized carbons (Fsp3) is 0.500. The van der Waals surface area contributed by atoms with Gasteiger partial charge in [-0.1, -0.05) is 11.6 Å². The molecule has 2 heterocycles. The number of carbonyl (C=O) groups excluding carboxylic acids is 2. The highest BCUT2D eigenvalue weighted by molar-refractivity contribution is 6.99. The van der Waals surface area contributed by atoms with Crippen molar-refractivity contribution in [1.29, 1.82) is 0 Å². The lowest BCUT2D eigenvalue weighted by atomic mass is 9.99. The molecule has 86 valence electrons. The van der Waals surface area contributed by atoms with Crippen molar-refractivity contribution in [1.82, 2.24) is 14.1 Å². The molecule has 1 saturated heterocycles. The number of carbonyl (C=O) groups is 2. The van der Waals surface area contributed by atoms with Gasteiger partial charge in [0.15, 0.2) is 11.0 Å². The van der Waals surface area contributed by atoms with Crippen LogP contribution >= 0.6 is 23.3 Å². The van der Waals surface area contributed by atoms with E-state index in [2.05, 4.69) is 14.1 Å². The van der Waals surface area contributed by atoms with E-state index in [0.29, 0.717) is 5.82 Å². The molecule has 0 radical (unpaired) electrons. The van der Waals surface area contributed by atoms with Crippen LogP contribution < -0.4 is 10.2 Å². The first-order valence-corrected chi connectivity index (χ1v) is 5.63. The number of piperazine rings is 1. The average molecular weight is 261 g/mol. The van der Waals surface area contributed by atoms with Crippen LogP contribution in [0.3, 0.4) is 0 Å². The Balaban J connectivity index is 2.42. The van der Waals surface area contributed by atoms with E-state index in [1.807, 2.05) is 0 Å². The lowest BCUT2D eigenvalue weighted by Crippen LogP contribution is -2.64. The first kappa shape index (κ1) is 11.3. The zero-order valence-corrected chi connectivity index (χ0v) is 10.2. The number of rotatable bonds is 1. The zero-order valence-electron chi connectivity index (χ0n) is 8.65. The van der Waals surface area contributed by atoms with Gasteiger partial charge in [0.1, 0.15) is 5.54 Å². The molecule has 2 amide bonds. The van der Waals surface area contributed by atoms with E-state index >= 15 is 0 Å². The Morgan fingerprint density at radius 2 is 2.12 bits per heavy atom. The summed E-state index contributed by atoms with van der Waals surface area (Å²) < 4.78 is 7.82. The van der Waals surface area contributed by atoms with Crippen LogP contribution in [0, 0.1) is 0 Å². The Labute approximate surface area is 101 Å². The van der Waals surface area contributed by atoms with Crippen LogP contribution in [0.5, 0.6) is 0 Å². The van der Waals surface area contributed by atoms with Crippen LogP contribution in [0.15, 0.2) is 0 Å². The summed E-state index contributed by atoms with van der Waals surface area (Å²) in [7, 11) is 0. The van der Waals surface area contributed by atoms with E-state index in [-0.39, 0.29) is 23.5 Å². The Kier molecular flexibility index (Phi) is 2.59. The molecule has 0 bridgehead atoms. The fourth-order valence-electron chi connectivity index (χ4n) is 1.46. The molecule has 0 aliphatic carbocycles. The molecule has 8 heteroatoms. The number of aromatic nitrogens is 2. The predicted octanol–water partition coefficient (Wildman–Crippen LogP) is 0.433. The Hall–Kier alpha value is -1.21. The van der Waals surface area contributed by atoms with Crippen molar-refractivity contribution in [3.63, 3.8) is 0 Å². The summed E-state index contributed by atoms with van der Waals surface area (Å²) in [6.07, 6.45) is 0. The first-order chi connectivity index (χ1) is 7.43. The second kappa shape index (κ2) is 3.67. The highest BCUT2D eigenvalue weighted by atomic mass is 35.5. The van der Waals surface area contributed by atoms with Crippen molar-refractivity contribution in [2.24, 2.45) is 0 Å². The Bertz CT molecular complexity index is 459. The van der Waals surface area contributed by atoms with Crippen LogP contribution in [0.1, 0.15) is 13.8 Å². The van der Waals surface area contributed by atoms with Crippen LogP contribution in [0.2, 0.25) is 5.15 Å². The summed E-state index contributed by atoms with van der Waals surface area (Å²) in [5.41, 5.74) is -0.868. The van der Waals surface area contributed by atoms with E-state index in [1.54, 1.807) is 18.7 Å². The highest BCUT2D eigenvalue weighted by Crippen LogP contribution is 2.30. The maximum absolute atomic E-state index is 11.7. The molecule has 0 saturated carbocycles. The Morgan fingerprint density at radius 3 is 2.69 bits per heavy atom. The minimum Gasteiger partial charge on any atom is -0.330 e. The van der Waals surface area contributed by atoms with Gasteiger partial charge in [-0.05, 0) is 13.8 Å². The molecule has 1 N–H and O–H groups in total. The third kappa shape index (κ3) is 1.65. The number of hydrogen-bond donors (Lipinski definition) is 1. The maximum atomic E-state index is 11.7. The topological polar surface area (TPSA) is 75.2 Å². The quantitative estimate of drug-likeness (QED) is 0.742. The molecule has 0 atom stereocenters. The van der Waals surface area contributed by atoms with Gasteiger partial charge >= 0.3 is 0 Å². The molecule has 1 aromatic rings. The van der Waals surface area contributed by atoms with Crippen LogP contribution in [-0.2, 0) is 9.59 Å². The molecule has 1 aromatic heterocycles. The summed E-state index contributed by atoms with van der Waals surface area (Å²) in [6.45, 7) is 3.44. The largest absolute Gasteiger partial charge is 0.330 e. The number of amides is 2. The second-order valence-electron chi connectivity index (χ2n) is 3.90. The summed E-state index contributed by atoms with van der Waals surface area (Å²) in [4.78, 5) is 24.6. The SMILES string of the molecule is CC1(C)C(=O)NC(=O)CN1c1nsnc1Cl. The summed E-state index contributed by atoms with van der Waals surface area (Å²) in [6, 6.07) is 0. The molecule has 2 rings (SSSR count). The van der Waals surface area contributed by atoms with E-state index in [0.717, 1.165) is 11.7 Å². The molecular formula is C8H9ClN4O2S. The number of nitrogens with zero attached hydrogens (tertiary/aromatic N) is 3. The van der Waals surface area contributed by atoms with Crippen molar-refractivity contribution in [3.8, 4) is 0 Å². The van der Waals surface area contributed by atoms with Gasteiger partial charge in [-0.3, -0.25) is 14.9 Å². The molecule has 16 heavy (non-hydrogen) atoms. The summed E-state index contributed by atoms with van der Waals surface area (Å²) in [5.74, 6) is -0.360. The third-order valence-corrected chi connectivity index (χ3v) is 3.35. The van der Waals surface area contributed by atoms with E-state index in [4.69, 9.17) is 11.6 Å². The fourth-order valence-corrected chi connectivity index (χ4v) is 2.20. The first-order valence-electron chi connectivity index (χ1n) is 4.53. The van der Waals surface area contributed by atoms with Crippen molar-refractivity contribution in [3.05, 3.63) is 5.15 Å². The van der Waals surface area contributed by atoms with E-state index in [9.17, 15) is 9.59 Å². The van der Waals surface area contributed by atoms with Gasteiger partial charge in [0.2, 0.25) is 5.91 Å². The predicted molar refractivity (Wildman–Crippen MR) is 59.5 cm³/mol.